The highest BCUT2D eigenvalue weighted by atomic mass is 127. The normalized spacial score (nSPS) is 19.4. The Balaban J connectivity index is 0.00000420. The topological polar surface area (TPSA) is 112 Å². The van der Waals surface area contributed by atoms with E-state index in [9.17, 15) is 14.4 Å². The van der Waals surface area contributed by atoms with Crippen LogP contribution in [-0.2, 0) is 14.3 Å². The average Bonchev–Trinajstić information content (AvgIpc) is 2.97. The Labute approximate surface area is 195 Å². The van der Waals surface area contributed by atoms with Crippen LogP contribution in [0.15, 0.2) is 34.2 Å². The van der Waals surface area contributed by atoms with E-state index in [1.54, 1.807) is 36.2 Å². The number of ether oxygens (including phenoxy) is 1. The first-order valence-electron chi connectivity index (χ1n) is 8.50. The summed E-state index contributed by atoms with van der Waals surface area (Å²) in [6, 6.07) is 6.70. The molecule has 1 aliphatic rings. The highest BCUT2D eigenvalue weighted by molar-refractivity contribution is 14.0. The third kappa shape index (κ3) is 7.00. The van der Waals surface area contributed by atoms with Gasteiger partial charge in [0.2, 0.25) is 5.91 Å². The number of halogens is 1. The first-order chi connectivity index (χ1) is 13.4. The van der Waals surface area contributed by atoms with Crippen LogP contribution < -0.4 is 5.32 Å². The maximum absolute atomic E-state index is 12.4. The number of hydrogen-bond donors (Lipinski definition) is 2. The zero-order valence-corrected chi connectivity index (χ0v) is 20.2. The summed E-state index contributed by atoms with van der Waals surface area (Å²) in [6.07, 6.45) is 0.107. The molecule has 1 aromatic carbocycles. The predicted octanol–water partition coefficient (Wildman–Crippen LogP) is 2.61. The molecule has 1 aliphatic heterocycles. The van der Waals surface area contributed by atoms with Crippen LogP contribution in [0.1, 0.15) is 23.7 Å². The van der Waals surface area contributed by atoms with Gasteiger partial charge in [-0.3, -0.25) is 14.4 Å². The van der Waals surface area contributed by atoms with Crippen molar-refractivity contribution in [3.63, 3.8) is 0 Å². The van der Waals surface area contributed by atoms with Gasteiger partial charge in [-0.05, 0) is 31.2 Å². The third-order valence-corrected chi connectivity index (χ3v) is 6.31. The van der Waals surface area contributed by atoms with Crippen LogP contribution in [0.3, 0.4) is 0 Å². The second-order valence-corrected chi connectivity index (χ2v) is 8.02. The van der Waals surface area contributed by atoms with E-state index in [1.807, 2.05) is 6.92 Å². The number of amides is 2. The molecule has 29 heavy (non-hydrogen) atoms. The number of benzene rings is 1. The molecule has 1 heterocycles. The van der Waals surface area contributed by atoms with Crippen molar-refractivity contribution in [1.82, 2.24) is 10.2 Å². The second kappa shape index (κ2) is 12.2. The van der Waals surface area contributed by atoms with Crippen molar-refractivity contribution in [3.8, 4) is 0 Å². The predicted molar refractivity (Wildman–Crippen MR) is 127 cm³/mol. The molecule has 11 heteroatoms. The van der Waals surface area contributed by atoms with E-state index >= 15 is 0 Å². The zero-order valence-electron chi connectivity index (χ0n) is 16.2. The third-order valence-electron chi connectivity index (χ3n) is 4.19. The largest absolute Gasteiger partial charge is 0.469 e. The summed E-state index contributed by atoms with van der Waals surface area (Å²) in [7, 11) is 3.09. The minimum absolute atomic E-state index is 0. The lowest BCUT2D eigenvalue weighted by Crippen LogP contribution is -2.41. The molecule has 0 aliphatic carbocycles. The van der Waals surface area contributed by atoms with Crippen molar-refractivity contribution in [1.29, 1.82) is 5.41 Å². The number of nitrogens with one attached hydrogen (secondary N) is 2. The number of esters is 1. The van der Waals surface area contributed by atoms with Gasteiger partial charge in [0.05, 0.1) is 19.1 Å². The smallest absolute Gasteiger partial charge is 0.307 e. The Morgan fingerprint density at radius 3 is 2.59 bits per heavy atom. The van der Waals surface area contributed by atoms with Gasteiger partial charge in [-0.1, -0.05) is 23.5 Å². The lowest BCUT2D eigenvalue weighted by Gasteiger charge is -2.19. The fourth-order valence-electron chi connectivity index (χ4n) is 2.44. The SMILES string of the molecule is COC(=O)CCNC(=O)C1SC(=NC(=O)c2ccc(SC=N)cc2)N(C)C1C.I. The Morgan fingerprint density at radius 2 is 2.00 bits per heavy atom. The van der Waals surface area contributed by atoms with Gasteiger partial charge in [0.15, 0.2) is 5.17 Å². The molecule has 0 radical (unpaired) electrons. The van der Waals surface area contributed by atoms with Crippen LogP contribution in [0.25, 0.3) is 0 Å². The summed E-state index contributed by atoms with van der Waals surface area (Å²) < 4.78 is 4.55. The second-order valence-electron chi connectivity index (χ2n) is 5.97. The molecular weight excluding hydrogens is 527 g/mol. The van der Waals surface area contributed by atoms with Gasteiger partial charge in [-0.2, -0.15) is 4.99 Å². The van der Waals surface area contributed by atoms with Crippen molar-refractivity contribution in [3.05, 3.63) is 29.8 Å². The van der Waals surface area contributed by atoms with E-state index in [0.717, 1.165) is 4.90 Å². The molecule has 1 fully saturated rings. The van der Waals surface area contributed by atoms with E-state index in [0.29, 0.717) is 10.7 Å². The van der Waals surface area contributed by atoms with Crippen molar-refractivity contribution in [2.75, 3.05) is 20.7 Å². The number of aliphatic imine (C=N–C) groups is 1. The maximum Gasteiger partial charge on any atom is 0.307 e. The summed E-state index contributed by atoms with van der Waals surface area (Å²) in [6.45, 7) is 2.08. The molecule has 2 amide bonds. The molecule has 2 N–H and O–H groups in total. The minimum Gasteiger partial charge on any atom is -0.469 e. The monoisotopic (exact) mass is 550 g/mol. The number of carbonyl (C=O) groups excluding carboxylic acids is 3. The molecule has 0 saturated carbocycles. The Morgan fingerprint density at radius 1 is 1.34 bits per heavy atom. The number of thioether (sulfide) groups is 2. The molecule has 0 bridgehead atoms. The molecule has 0 spiro atoms. The number of amidine groups is 1. The lowest BCUT2D eigenvalue weighted by molar-refractivity contribution is -0.140. The Bertz CT molecular complexity index is 789. The molecule has 2 unspecified atom stereocenters. The number of methoxy groups -OCH3 is 1. The van der Waals surface area contributed by atoms with Crippen LogP contribution >= 0.6 is 47.5 Å². The van der Waals surface area contributed by atoms with E-state index in [-0.39, 0.29) is 60.8 Å². The Kier molecular flexibility index (Phi) is 10.7. The molecule has 8 nitrogen and oxygen atoms in total. The van der Waals surface area contributed by atoms with Crippen LogP contribution in [0, 0.1) is 5.41 Å². The summed E-state index contributed by atoms with van der Waals surface area (Å²) in [5, 5.41) is 9.84. The number of rotatable bonds is 7. The fourth-order valence-corrected chi connectivity index (χ4v) is 4.13. The minimum atomic E-state index is -0.430. The number of carbonyl (C=O) groups is 3. The summed E-state index contributed by atoms with van der Waals surface area (Å²) in [4.78, 5) is 42.8. The highest BCUT2D eigenvalue weighted by Gasteiger charge is 2.39. The molecule has 1 aromatic rings. The maximum atomic E-state index is 12.4. The van der Waals surface area contributed by atoms with E-state index < -0.39 is 5.25 Å². The van der Waals surface area contributed by atoms with Crippen molar-refractivity contribution in [2.45, 2.75) is 29.5 Å². The first-order valence-corrected chi connectivity index (χ1v) is 10.3. The quantitative estimate of drug-likeness (QED) is 0.177. The van der Waals surface area contributed by atoms with Gasteiger partial charge >= 0.3 is 5.97 Å². The van der Waals surface area contributed by atoms with Crippen molar-refractivity contribution in [2.24, 2.45) is 4.99 Å². The van der Waals surface area contributed by atoms with Gasteiger partial charge in [0, 0.05) is 30.1 Å². The molecule has 158 valence electrons. The summed E-state index contributed by atoms with van der Waals surface area (Å²) in [5.41, 5.74) is 1.66. The fraction of sp³-hybridized carbons (Fsp3) is 0.389. The molecule has 1 saturated heterocycles. The molecule has 0 aromatic heterocycles. The van der Waals surface area contributed by atoms with Gasteiger partial charge in [0.1, 0.15) is 5.25 Å². The molecule has 2 rings (SSSR count). The summed E-state index contributed by atoms with van der Waals surface area (Å²) in [5.74, 6) is -0.985. The standard InChI is InChI=1S/C18H22N4O4S2.HI/c1-11-15(17(25)20-9-8-14(23)26-3)28-18(22(11)2)21-16(24)12-4-6-13(7-5-12)27-10-19;/h4-7,10-11,15,19H,8-9H2,1-3H3,(H,20,25);1H. The number of hydrogen-bond acceptors (Lipinski definition) is 7. The summed E-state index contributed by atoms with van der Waals surface area (Å²) >= 11 is 2.48. The average molecular weight is 550 g/mol. The van der Waals surface area contributed by atoms with Gasteiger partial charge < -0.3 is 20.4 Å². The van der Waals surface area contributed by atoms with Crippen LogP contribution in [0.4, 0.5) is 0 Å². The van der Waals surface area contributed by atoms with Crippen LogP contribution in [0.2, 0.25) is 0 Å². The Hall–Kier alpha value is -1.60. The van der Waals surface area contributed by atoms with Gasteiger partial charge in [0.25, 0.3) is 5.91 Å². The number of nitrogens with zero attached hydrogens (tertiary/aromatic N) is 2. The van der Waals surface area contributed by atoms with E-state index in [1.165, 1.54) is 36.2 Å². The van der Waals surface area contributed by atoms with Crippen molar-refractivity contribution >= 4 is 76.0 Å². The molecular formula is C18H23IN4O4S2. The molecule has 2 atom stereocenters. The van der Waals surface area contributed by atoms with Crippen LogP contribution in [-0.4, -0.2) is 65.4 Å². The van der Waals surface area contributed by atoms with E-state index in [4.69, 9.17) is 5.41 Å². The van der Waals surface area contributed by atoms with Gasteiger partial charge in [-0.25, -0.2) is 0 Å². The highest BCUT2D eigenvalue weighted by Crippen LogP contribution is 2.31. The van der Waals surface area contributed by atoms with E-state index in [2.05, 4.69) is 15.0 Å². The zero-order chi connectivity index (χ0) is 20.7. The van der Waals surface area contributed by atoms with Crippen LogP contribution in [0.5, 0.6) is 0 Å². The lowest BCUT2D eigenvalue weighted by atomic mass is 10.2. The van der Waals surface area contributed by atoms with Gasteiger partial charge in [-0.15, -0.1) is 24.0 Å². The van der Waals surface area contributed by atoms with Crippen molar-refractivity contribution < 1.29 is 19.1 Å². The first kappa shape index (κ1) is 25.4.